The van der Waals surface area contributed by atoms with E-state index in [1.807, 2.05) is 13.0 Å². The van der Waals surface area contributed by atoms with Gasteiger partial charge in [0, 0.05) is 5.56 Å². The lowest BCUT2D eigenvalue weighted by molar-refractivity contribution is 0.414. The summed E-state index contributed by atoms with van der Waals surface area (Å²) in [6.45, 7) is 1.88. The number of hydrogen-bond donors (Lipinski definition) is 1. The van der Waals surface area contributed by atoms with E-state index in [0.29, 0.717) is 22.3 Å². The number of aromatic hydroxyl groups is 1. The van der Waals surface area contributed by atoms with Gasteiger partial charge in [-0.3, -0.25) is 4.79 Å². The van der Waals surface area contributed by atoms with Gasteiger partial charge < -0.3 is 14.3 Å². The summed E-state index contributed by atoms with van der Waals surface area (Å²) in [6, 6.07) is 12.3. The molecule has 0 aliphatic heterocycles. The summed E-state index contributed by atoms with van der Waals surface area (Å²) in [7, 11) is 1.57. The predicted octanol–water partition coefficient (Wildman–Crippen LogP) is 3.48. The van der Waals surface area contributed by atoms with E-state index in [1.54, 1.807) is 43.5 Å². The Labute approximate surface area is 121 Å². The van der Waals surface area contributed by atoms with Gasteiger partial charge in [-0.05, 0) is 43.3 Å². The van der Waals surface area contributed by atoms with Gasteiger partial charge in [-0.2, -0.15) is 0 Å². The number of hydrogen-bond acceptors (Lipinski definition) is 4. The molecule has 0 unspecified atom stereocenters. The van der Waals surface area contributed by atoms with Gasteiger partial charge in [-0.25, -0.2) is 0 Å². The summed E-state index contributed by atoms with van der Waals surface area (Å²) in [5, 5.41) is 10.5. The minimum Gasteiger partial charge on any atom is -0.502 e. The average molecular weight is 282 g/mol. The predicted molar refractivity (Wildman–Crippen MR) is 80.9 cm³/mol. The highest BCUT2D eigenvalue weighted by Crippen LogP contribution is 2.31. The van der Waals surface area contributed by atoms with Crippen LogP contribution in [-0.4, -0.2) is 12.2 Å². The summed E-state index contributed by atoms with van der Waals surface area (Å²) in [6.07, 6.45) is 0. The summed E-state index contributed by atoms with van der Waals surface area (Å²) in [5.74, 6) is 0.481. The summed E-state index contributed by atoms with van der Waals surface area (Å²) in [4.78, 5) is 12.3. The first-order chi connectivity index (χ1) is 10.1. The smallest absolute Gasteiger partial charge is 0.235 e. The Morgan fingerprint density at radius 2 is 1.81 bits per heavy atom. The minimum atomic E-state index is -0.425. The fraction of sp³-hybridized carbons (Fsp3) is 0.118. The maximum absolute atomic E-state index is 12.3. The molecule has 1 aromatic heterocycles. The second-order valence-electron chi connectivity index (χ2n) is 4.84. The molecule has 4 heteroatoms. The van der Waals surface area contributed by atoms with E-state index in [9.17, 15) is 9.90 Å². The van der Waals surface area contributed by atoms with Crippen molar-refractivity contribution < 1.29 is 14.3 Å². The van der Waals surface area contributed by atoms with Crippen molar-refractivity contribution in [2.24, 2.45) is 0 Å². The van der Waals surface area contributed by atoms with Crippen LogP contribution >= 0.6 is 0 Å². The Balaban J connectivity index is 2.25. The van der Waals surface area contributed by atoms with Crippen molar-refractivity contribution in [2.45, 2.75) is 6.92 Å². The van der Waals surface area contributed by atoms with Crippen LogP contribution in [-0.2, 0) is 0 Å². The van der Waals surface area contributed by atoms with Crippen molar-refractivity contribution in [3.8, 4) is 22.8 Å². The lowest BCUT2D eigenvalue weighted by Gasteiger charge is -2.07. The molecule has 0 bridgehead atoms. The van der Waals surface area contributed by atoms with Crippen LogP contribution in [0.4, 0.5) is 0 Å². The van der Waals surface area contributed by atoms with Crippen molar-refractivity contribution in [1.82, 2.24) is 0 Å². The molecule has 3 aromatic rings. The monoisotopic (exact) mass is 282 g/mol. The molecule has 0 spiro atoms. The van der Waals surface area contributed by atoms with Crippen LogP contribution in [0.15, 0.2) is 51.7 Å². The second kappa shape index (κ2) is 4.98. The van der Waals surface area contributed by atoms with E-state index in [4.69, 9.17) is 9.15 Å². The van der Waals surface area contributed by atoms with Crippen LogP contribution in [0.3, 0.4) is 0 Å². The van der Waals surface area contributed by atoms with Crippen molar-refractivity contribution in [3.05, 3.63) is 58.3 Å². The van der Waals surface area contributed by atoms with Gasteiger partial charge in [0.2, 0.25) is 11.2 Å². The highest BCUT2D eigenvalue weighted by molar-refractivity contribution is 5.82. The zero-order valence-electron chi connectivity index (χ0n) is 11.7. The molecule has 4 nitrogen and oxygen atoms in total. The van der Waals surface area contributed by atoms with Crippen LogP contribution in [0.25, 0.3) is 22.3 Å². The molecule has 2 aromatic carbocycles. The minimum absolute atomic E-state index is 0.166. The van der Waals surface area contributed by atoms with Crippen LogP contribution in [0.1, 0.15) is 5.56 Å². The normalized spacial score (nSPS) is 10.8. The molecule has 106 valence electrons. The van der Waals surface area contributed by atoms with E-state index in [-0.39, 0.29) is 11.5 Å². The molecule has 1 N–H and O–H groups in total. The van der Waals surface area contributed by atoms with Crippen molar-refractivity contribution in [2.75, 3.05) is 7.11 Å². The molecule has 0 fully saturated rings. The Hall–Kier alpha value is -2.75. The number of rotatable bonds is 2. The fourth-order valence-electron chi connectivity index (χ4n) is 2.24. The standard InChI is InChI=1S/C17H14O4/c1-10-3-8-14-13(9-10)15(18)16(19)17(21-14)11-4-6-12(20-2)7-5-11/h3-9,19H,1-2H3. The first-order valence-corrected chi connectivity index (χ1v) is 6.51. The van der Waals surface area contributed by atoms with Gasteiger partial charge >= 0.3 is 0 Å². The average Bonchev–Trinajstić information content (AvgIpc) is 2.51. The number of benzene rings is 2. The molecule has 0 saturated carbocycles. The maximum atomic E-state index is 12.3. The van der Waals surface area contributed by atoms with Gasteiger partial charge in [0.05, 0.1) is 12.5 Å². The third kappa shape index (κ3) is 2.25. The van der Waals surface area contributed by atoms with E-state index < -0.39 is 5.43 Å². The summed E-state index contributed by atoms with van der Waals surface area (Å²) < 4.78 is 10.8. The summed E-state index contributed by atoms with van der Waals surface area (Å²) >= 11 is 0. The highest BCUT2D eigenvalue weighted by Gasteiger charge is 2.15. The molecule has 0 aliphatic rings. The first-order valence-electron chi connectivity index (χ1n) is 6.51. The molecular formula is C17H14O4. The van der Waals surface area contributed by atoms with Crippen LogP contribution in [0, 0.1) is 6.92 Å². The number of methoxy groups -OCH3 is 1. The van der Waals surface area contributed by atoms with Crippen LogP contribution in [0.2, 0.25) is 0 Å². The Morgan fingerprint density at radius 1 is 1.10 bits per heavy atom. The topological polar surface area (TPSA) is 59.7 Å². The Morgan fingerprint density at radius 3 is 2.48 bits per heavy atom. The number of fused-ring (bicyclic) bond motifs is 1. The molecule has 3 rings (SSSR count). The molecule has 0 atom stereocenters. The number of aryl methyl sites for hydroxylation is 1. The second-order valence-corrected chi connectivity index (χ2v) is 4.84. The SMILES string of the molecule is COc1ccc(-c2oc3ccc(C)cc3c(=O)c2O)cc1. The Bertz CT molecular complexity index is 860. The zero-order chi connectivity index (χ0) is 15.0. The third-order valence-electron chi connectivity index (χ3n) is 3.37. The van der Waals surface area contributed by atoms with E-state index in [1.165, 1.54) is 0 Å². The van der Waals surface area contributed by atoms with Gasteiger partial charge in [0.15, 0.2) is 5.76 Å². The highest BCUT2D eigenvalue weighted by atomic mass is 16.5. The van der Waals surface area contributed by atoms with E-state index >= 15 is 0 Å². The van der Waals surface area contributed by atoms with E-state index in [2.05, 4.69) is 0 Å². The first kappa shape index (κ1) is 13.2. The lowest BCUT2D eigenvalue weighted by atomic mass is 10.1. The summed E-state index contributed by atoms with van der Waals surface area (Å²) in [5.41, 5.74) is 1.58. The quantitative estimate of drug-likeness (QED) is 0.781. The molecule has 0 amide bonds. The fourth-order valence-corrected chi connectivity index (χ4v) is 2.24. The van der Waals surface area contributed by atoms with Crippen LogP contribution in [0.5, 0.6) is 11.5 Å². The molecular weight excluding hydrogens is 268 g/mol. The van der Waals surface area contributed by atoms with E-state index in [0.717, 1.165) is 5.56 Å². The number of ether oxygens (including phenoxy) is 1. The maximum Gasteiger partial charge on any atom is 0.235 e. The van der Waals surface area contributed by atoms with Gasteiger partial charge in [0.1, 0.15) is 11.3 Å². The zero-order valence-corrected chi connectivity index (χ0v) is 11.7. The molecule has 0 aliphatic carbocycles. The van der Waals surface area contributed by atoms with Crippen molar-refractivity contribution >= 4 is 11.0 Å². The van der Waals surface area contributed by atoms with Crippen molar-refractivity contribution in [1.29, 1.82) is 0 Å². The molecule has 0 saturated heterocycles. The van der Waals surface area contributed by atoms with Gasteiger partial charge in [-0.15, -0.1) is 0 Å². The largest absolute Gasteiger partial charge is 0.502 e. The van der Waals surface area contributed by atoms with Crippen molar-refractivity contribution in [3.63, 3.8) is 0 Å². The third-order valence-corrected chi connectivity index (χ3v) is 3.37. The molecule has 1 heterocycles. The van der Waals surface area contributed by atoms with Gasteiger partial charge in [-0.1, -0.05) is 11.6 Å². The van der Waals surface area contributed by atoms with Gasteiger partial charge in [0.25, 0.3) is 0 Å². The van der Waals surface area contributed by atoms with Crippen LogP contribution < -0.4 is 10.2 Å². The lowest BCUT2D eigenvalue weighted by Crippen LogP contribution is -2.02. The molecule has 0 radical (unpaired) electrons. The molecule has 21 heavy (non-hydrogen) atoms. The Kier molecular flexibility index (Phi) is 3.14.